The summed E-state index contributed by atoms with van der Waals surface area (Å²) in [5.41, 5.74) is 3.04. The highest BCUT2D eigenvalue weighted by Gasteiger charge is 2.17. The second kappa shape index (κ2) is 9.22. The second-order valence-electron chi connectivity index (χ2n) is 6.26. The van der Waals surface area contributed by atoms with Crippen LogP contribution in [0.25, 0.3) is 5.65 Å². The molecule has 0 aliphatic heterocycles. The molecule has 1 atom stereocenters. The summed E-state index contributed by atoms with van der Waals surface area (Å²) in [6, 6.07) is 7.99. The predicted octanol–water partition coefficient (Wildman–Crippen LogP) is 3.07. The molecule has 0 aliphatic rings. The molecule has 27 heavy (non-hydrogen) atoms. The van der Waals surface area contributed by atoms with Crippen LogP contribution in [0.4, 0.5) is 5.95 Å². The van der Waals surface area contributed by atoms with Gasteiger partial charge in [0.25, 0.3) is 0 Å². The average molecular weight is 389 g/mol. The van der Waals surface area contributed by atoms with E-state index in [1.54, 1.807) is 11.6 Å². The maximum atomic E-state index is 8.29. The first kappa shape index (κ1) is 20.5. The fraction of sp³-hybridized carbons (Fsp3) is 0.389. The normalized spacial score (nSPS) is 11.6. The number of ether oxygens (including phenoxy) is 1. The Labute approximate surface area is 161 Å². The number of aryl methyl sites for hydroxylation is 1. The molecule has 8 nitrogen and oxygen atoms in total. The monoisotopic (exact) mass is 389 g/mol. The van der Waals surface area contributed by atoms with E-state index in [4.69, 9.17) is 13.2 Å². The van der Waals surface area contributed by atoms with Crippen molar-refractivity contribution in [2.75, 3.05) is 12.4 Å². The fourth-order valence-corrected chi connectivity index (χ4v) is 2.80. The molecule has 9 heteroatoms. The summed E-state index contributed by atoms with van der Waals surface area (Å²) in [5, 5.41) is 7.91. The van der Waals surface area contributed by atoms with Crippen molar-refractivity contribution in [3.8, 4) is 5.75 Å². The van der Waals surface area contributed by atoms with E-state index in [1.165, 1.54) is 0 Å². The van der Waals surface area contributed by atoms with Crippen molar-refractivity contribution in [2.24, 2.45) is 0 Å². The standard InChI is InChI=1S/C18H23N5O.O2S/c1-11(2)15-10-19-23-17(15)21-13(4)22-18(23)20-12(3)14-8-6-7-9-16(14)24-5;1-3-2/h6-12H,1-5H3,(H,20,21,22);/t12-;/m0./s1. The molecule has 0 spiro atoms. The van der Waals surface area contributed by atoms with Gasteiger partial charge < -0.3 is 10.1 Å². The molecule has 0 aliphatic carbocycles. The molecule has 0 bridgehead atoms. The Morgan fingerprint density at radius 1 is 1.11 bits per heavy atom. The number of benzene rings is 1. The van der Waals surface area contributed by atoms with Crippen molar-refractivity contribution >= 4 is 23.2 Å². The molecular weight excluding hydrogens is 366 g/mol. The Bertz CT molecular complexity index is 951. The van der Waals surface area contributed by atoms with Crippen molar-refractivity contribution in [1.29, 1.82) is 0 Å². The number of rotatable bonds is 5. The van der Waals surface area contributed by atoms with Crippen LogP contribution in [0.15, 0.2) is 30.5 Å². The lowest BCUT2D eigenvalue weighted by Crippen LogP contribution is -2.14. The van der Waals surface area contributed by atoms with Gasteiger partial charge in [-0.2, -0.15) is 23.0 Å². The third-order valence-corrected chi connectivity index (χ3v) is 4.08. The molecule has 3 aromatic rings. The lowest BCUT2D eigenvalue weighted by atomic mass is 10.1. The first-order chi connectivity index (χ1) is 12.9. The van der Waals surface area contributed by atoms with Crippen LogP contribution in [0.5, 0.6) is 5.75 Å². The van der Waals surface area contributed by atoms with Gasteiger partial charge in [0.1, 0.15) is 11.6 Å². The van der Waals surface area contributed by atoms with Gasteiger partial charge in [0, 0.05) is 11.1 Å². The van der Waals surface area contributed by atoms with Crippen molar-refractivity contribution < 1.29 is 13.2 Å². The first-order valence-electron chi connectivity index (χ1n) is 8.46. The van der Waals surface area contributed by atoms with E-state index in [1.807, 2.05) is 37.4 Å². The zero-order chi connectivity index (χ0) is 20.0. The van der Waals surface area contributed by atoms with Gasteiger partial charge in [-0.3, -0.25) is 0 Å². The number of fused-ring (bicyclic) bond motifs is 1. The van der Waals surface area contributed by atoms with Crippen LogP contribution in [-0.2, 0) is 11.6 Å². The van der Waals surface area contributed by atoms with Crippen molar-refractivity contribution in [2.45, 2.75) is 39.7 Å². The molecule has 3 rings (SSSR count). The summed E-state index contributed by atoms with van der Waals surface area (Å²) >= 11 is -0.750. The van der Waals surface area contributed by atoms with E-state index < -0.39 is 11.6 Å². The van der Waals surface area contributed by atoms with Gasteiger partial charge in [0.2, 0.25) is 5.95 Å². The van der Waals surface area contributed by atoms with E-state index >= 15 is 0 Å². The minimum atomic E-state index is -0.750. The number of anilines is 1. The number of hydrogen-bond donors (Lipinski definition) is 1. The number of methoxy groups -OCH3 is 1. The summed E-state index contributed by atoms with van der Waals surface area (Å²) in [6.45, 7) is 8.25. The van der Waals surface area contributed by atoms with Gasteiger partial charge in [0.15, 0.2) is 5.65 Å². The van der Waals surface area contributed by atoms with Crippen LogP contribution in [-0.4, -0.2) is 35.1 Å². The Hall–Kier alpha value is -2.81. The Morgan fingerprint density at radius 3 is 2.41 bits per heavy atom. The number of aromatic nitrogens is 4. The zero-order valence-electron chi connectivity index (χ0n) is 16.0. The number of nitrogens with zero attached hydrogens (tertiary/aromatic N) is 4. The molecule has 0 saturated heterocycles. The van der Waals surface area contributed by atoms with E-state index in [0.717, 1.165) is 28.3 Å². The summed E-state index contributed by atoms with van der Waals surface area (Å²) < 4.78 is 23.8. The van der Waals surface area contributed by atoms with Gasteiger partial charge in [-0.25, -0.2) is 4.98 Å². The summed E-state index contributed by atoms with van der Waals surface area (Å²) in [6.07, 6.45) is 1.87. The maximum absolute atomic E-state index is 8.29. The van der Waals surface area contributed by atoms with Crippen LogP contribution < -0.4 is 10.1 Å². The van der Waals surface area contributed by atoms with Gasteiger partial charge in [0.05, 0.1) is 19.3 Å². The zero-order valence-corrected chi connectivity index (χ0v) is 16.8. The largest absolute Gasteiger partial charge is 0.496 e. The van der Waals surface area contributed by atoms with Gasteiger partial charge in [-0.15, -0.1) is 0 Å². The van der Waals surface area contributed by atoms with Crippen molar-refractivity contribution in [3.05, 3.63) is 47.4 Å². The van der Waals surface area contributed by atoms with E-state index in [-0.39, 0.29) is 6.04 Å². The molecule has 0 saturated carbocycles. The summed E-state index contributed by atoms with van der Waals surface area (Å²) in [7, 11) is 1.68. The Balaban J connectivity index is 0.000000817. The molecule has 0 unspecified atom stereocenters. The number of nitrogens with one attached hydrogen (secondary N) is 1. The van der Waals surface area contributed by atoms with Gasteiger partial charge >= 0.3 is 11.6 Å². The molecule has 2 heterocycles. The molecule has 1 aromatic carbocycles. The SMILES string of the molecule is COc1ccccc1[C@H](C)Nc1nc(C)nc2c(C(C)C)cnn12.O=S=O. The topological polar surface area (TPSA) is 98.5 Å². The van der Waals surface area contributed by atoms with Crippen LogP contribution in [0.1, 0.15) is 49.7 Å². The average Bonchev–Trinajstić information content (AvgIpc) is 3.06. The first-order valence-corrected chi connectivity index (χ1v) is 9.13. The smallest absolute Gasteiger partial charge is 0.335 e. The lowest BCUT2D eigenvalue weighted by Gasteiger charge is -2.18. The van der Waals surface area contributed by atoms with Gasteiger partial charge in [-0.05, 0) is 25.8 Å². The van der Waals surface area contributed by atoms with Crippen LogP contribution in [0.2, 0.25) is 0 Å². The highest BCUT2D eigenvalue weighted by molar-refractivity contribution is 7.51. The van der Waals surface area contributed by atoms with Crippen LogP contribution in [0.3, 0.4) is 0 Å². The molecule has 0 radical (unpaired) electrons. The Morgan fingerprint density at radius 2 is 1.78 bits per heavy atom. The Kier molecular flexibility index (Phi) is 7.00. The number of hydrogen-bond acceptors (Lipinski definition) is 7. The van der Waals surface area contributed by atoms with Gasteiger partial charge in [-0.1, -0.05) is 32.0 Å². The molecule has 1 N–H and O–H groups in total. The van der Waals surface area contributed by atoms with Crippen LogP contribution in [0, 0.1) is 6.92 Å². The highest BCUT2D eigenvalue weighted by atomic mass is 32.1. The summed E-state index contributed by atoms with van der Waals surface area (Å²) in [5.74, 6) is 2.61. The molecule has 0 fully saturated rings. The van der Waals surface area contributed by atoms with Crippen molar-refractivity contribution in [3.63, 3.8) is 0 Å². The third-order valence-electron chi connectivity index (χ3n) is 4.08. The quantitative estimate of drug-likeness (QED) is 0.716. The minimum Gasteiger partial charge on any atom is -0.496 e. The second-order valence-corrected chi connectivity index (χ2v) is 6.40. The molecule has 0 amide bonds. The fourth-order valence-electron chi connectivity index (χ4n) is 2.80. The highest BCUT2D eigenvalue weighted by Crippen LogP contribution is 2.28. The molecule has 144 valence electrons. The van der Waals surface area contributed by atoms with E-state index in [0.29, 0.717) is 11.9 Å². The van der Waals surface area contributed by atoms with E-state index in [2.05, 4.69) is 41.2 Å². The third kappa shape index (κ3) is 4.68. The maximum Gasteiger partial charge on any atom is 0.335 e. The lowest BCUT2D eigenvalue weighted by molar-refractivity contribution is 0.408. The molecular formula is C18H23N5O3S. The summed E-state index contributed by atoms with van der Waals surface area (Å²) in [4.78, 5) is 9.09. The minimum absolute atomic E-state index is 0.0188. The predicted molar refractivity (Wildman–Crippen MR) is 104 cm³/mol. The van der Waals surface area contributed by atoms with Crippen LogP contribution >= 0.6 is 0 Å². The number of para-hydroxylation sites is 1. The molecule has 2 aromatic heterocycles. The van der Waals surface area contributed by atoms with Crippen molar-refractivity contribution in [1.82, 2.24) is 19.6 Å². The van der Waals surface area contributed by atoms with E-state index in [9.17, 15) is 0 Å².